The van der Waals surface area contributed by atoms with Crippen LogP contribution in [0.2, 0.25) is 0 Å². The highest BCUT2D eigenvalue weighted by Gasteiger charge is 2.38. The Bertz CT molecular complexity index is 615. The van der Waals surface area contributed by atoms with Crippen LogP contribution in [0.3, 0.4) is 0 Å². The van der Waals surface area contributed by atoms with Gasteiger partial charge in [-0.3, -0.25) is 4.79 Å². The highest BCUT2D eigenvalue weighted by atomic mass is 32.2. The zero-order chi connectivity index (χ0) is 14.2. The summed E-state index contributed by atoms with van der Waals surface area (Å²) in [5.41, 5.74) is -0.0132. The van der Waals surface area contributed by atoms with Crippen LogP contribution in [0.15, 0.2) is 18.2 Å². The summed E-state index contributed by atoms with van der Waals surface area (Å²) in [6.07, 6.45) is -0.0182. The third-order valence-corrected chi connectivity index (χ3v) is 5.01. The number of hydrogen-bond acceptors (Lipinski definition) is 3. The fourth-order valence-corrected chi connectivity index (χ4v) is 3.98. The lowest BCUT2D eigenvalue weighted by atomic mass is 10.1. The Morgan fingerprint density at radius 2 is 2.11 bits per heavy atom. The number of amides is 1. The molecule has 0 aromatic heterocycles. The molecule has 7 heteroatoms. The first-order valence-corrected chi connectivity index (χ1v) is 7.41. The molecule has 1 aromatic carbocycles. The van der Waals surface area contributed by atoms with Crippen molar-refractivity contribution in [3.63, 3.8) is 0 Å². The molecule has 1 heterocycles. The zero-order valence-electron chi connectivity index (χ0n) is 10.3. The van der Waals surface area contributed by atoms with Gasteiger partial charge in [-0.1, -0.05) is 6.07 Å². The lowest BCUT2D eigenvalue weighted by Crippen LogP contribution is -2.38. The number of carbonyl (C=O) groups excluding carboxylic acids is 1. The van der Waals surface area contributed by atoms with Crippen LogP contribution in [-0.2, 0) is 21.2 Å². The molecule has 0 bridgehead atoms. The summed E-state index contributed by atoms with van der Waals surface area (Å²) in [5, 5.41) is 0. The number of carbonyl (C=O) groups is 1. The third-order valence-electron chi connectivity index (χ3n) is 3.10. The van der Waals surface area contributed by atoms with Gasteiger partial charge in [0.1, 0.15) is 11.6 Å². The van der Waals surface area contributed by atoms with Crippen molar-refractivity contribution in [2.24, 2.45) is 0 Å². The standard InChI is InChI=1S/C12H13F2NO3S/c1-8-4-5-19(17,18)15(8)12(16)6-9-2-3-10(13)7-11(9)14/h2-3,7-8H,4-6H2,1H3. The van der Waals surface area contributed by atoms with Crippen LogP contribution >= 0.6 is 0 Å². The Balaban J connectivity index is 2.22. The number of halogens is 2. The van der Waals surface area contributed by atoms with E-state index in [1.807, 2.05) is 0 Å². The molecular weight excluding hydrogens is 276 g/mol. The zero-order valence-corrected chi connectivity index (χ0v) is 11.1. The fourth-order valence-electron chi connectivity index (χ4n) is 2.12. The van der Waals surface area contributed by atoms with E-state index in [0.717, 1.165) is 16.4 Å². The van der Waals surface area contributed by atoms with E-state index in [1.54, 1.807) is 6.92 Å². The minimum absolute atomic E-state index is 0.0132. The normalized spacial score (nSPS) is 21.6. The van der Waals surface area contributed by atoms with Gasteiger partial charge in [-0.25, -0.2) is 21.5 Å². The predicted octanol–water partition coefficient (Wildman–Crippen LogP) is 1.46. The van der Waals surface area contributed by atoms with Gasteiger partial charge in [0, 0.05) is 12.1 Å². The first-order chi connectivity index (χ1) is 8.81. The van der Waals surface area contributed by atoms with E-state index in [-0.39, 0.29) is 11.3 Å². The summed E-state index contributed by atoms with van der Waals surface area (Å²) in [4.78, 5) is 12.0. The summed E-state index contributed by atoms with van der Waals surface area (Å²) >= 11 is 0. The van der Waals surface area contributed by atoms with Crippen molar-refractivity contribution in [1.82, 2.24) is 4.31 Å². The third kappa shape index (κ3) is 2.75. The monoisotopic (exact) mass is 289 g/mol. The Hall–Kier alpha value is -1.50. The molecule has 1 amide bonds. The topological polar surface area (TPSA) is 54.5 Å². The van der Waals surface area contributed by atoms with Crippen LogP contribution in [0.25, 0.3) is 0 Å². The first kappa shape index (κ1) is 13.9. The van der Waals surface area contributed by atoms with E-state index < -0.39 is 40.0 Å². The highest BCUT2D eigenvalue weighted by molar-refractivity contribution is 7.89. The van der Waals surface area contributed by atoms with E-state index in [1.165, 1.54) is 0 Å². The van der Waals surface area contributed by atoms with Gasteiger partial charge >= 0.3 is 0 Å². The first-order valence-electron chi connectivity index (χ1n) is 5.80. The van der Waals surface area contributed by atoms with Gasteiger partial charge in [0.15, 0.2) is 0 Å². The summed E-state index contributed by atoms with van der Waals surface area (Å²) in [5.74, 6) is -2.35. The molecule has 0 spiro atoms. The largest absolute Gasteiger partial charge is 0.273 e. The average molecular weight is 289 g/mol. The number of nitrogens with zero attached hydrogens (tertiary/aromatic N) is 1. The van der Waals surface area contributed by atoms with Crippen LogP contribution in [0.4, 0.5) is 8.78 Å². The SMILES string of the molecule is CC1CCS(=O)(=O)N1C(=O)Cc1ccc(F)cc1F. The molecule has 0 radical (unpaired) electrons. The Morgan fingerprint density at radius 1 is 1.42 bits per heavy atom. The lowest BCUT2D eigenvalue weighted by Gasteiger charge is -2.20. The van der Waals surface area contributed by atoms with Gasteiger partial charge in [0.25, 0.3) is 0 Å². The van der Waals surface area contributed by atoms with Gasteiger partial charge in [0.2, 0.25) is 15.9 Å². The van der Waals surface area contributed by atoms with E-state index in [2.05, 4.69) is 0 Å². The molecule has 1 atom stereocenters. The van der Waals surface area contributed by atoms with E-state index in [0.29, 0.717) is 12.5 Å². The maximum atomic E-state index is 13.4. The average Bonchev–Trinajstić information content (AvgIpc) is 2.57. The summed E-state index contributed by atoms with van der Waals surface area (Å²) in [6.45, 7) is 1.63. The van der Waals surface area contributed by atoms with Gasteiger partial charge < -0.3 is 0 Å². The molecule has 0 N–H and O–H groups in total. The molecule has 1 unspecified atom stereocenters. The van der Waals surface area contributed by atoms with E-state index in [4.69, 9.17) is 0 Å². The maximum Gasteiger partial charge on any atom is 0.240 e. The number of benzene rings is 1. The molecule has 1 saturated heterocycles. The molecule has 4 nitrogen and oxygen atoms in total. The fraction of sp³-hybridized carbons (Fsp3) is 0.417. The van der Waals surface area contributed by atoms with Gasteiger partial charge in [-0.05, 0) is 25.0 Å². The second-order valence-corrected chi connectivity index (χ2v) is 6.52. The van der Waals surface area contributed by atoms with E-state index >= 15 is 0 Å². The van der Waals surface area contributed by atoms with Crippen molar-refractivity contribution in [1.29, 1.82) is 0 Å². The lowest BCUT2D eigenvalue weighted by molar-refractivity contribution is -0.126. The molecule has 0 saturated carbocycles. The molecule has 1 aromatic rings. The van der Waals surface area contributed by atoms with Crippen LogP contribution in [0, 0.1) is 11.6 Å². The van der Waals surface area contributed by atoms with E-state index in [9.17, 15) is 22.0 Å². The Morgan fingerprint density at radius 3 is 2.63 bits per heavy atom. The molecular formula is C12H13F2NO3S. The van der Waals surface area contributed by atoms with Crippen molar-refractivity contribution in [2.45, 2.75) is 25.8 Å². The Labute approximate surface area is 110 Å². The Kier molecular flexibility index (Phi) is 3.58. The van der Waals surface area contributed by atoms with Crippen LogP contribution in [0.5, 0.6) is 0 Å². The second-order valence-electron chi connectivity index (χ2n) is 4.56. The summed E-state index contributed by atoms with van der Waals surface area (Å²) in [6, 6.07) is 2.44. The van der Waals surface area contributed by atoms with Crippen molar-refractivity contribution < 1.29 is 22.0 Å². The van der Waals surface area contributed by atoms with Crippen molar-refractivity contribution in [3.8, 4) is 0 Å². The molecule has 1 aliphatic rings. The maximum absolute atomic E-state index is 13.4. The van der Waals surface area contributed by atoms with Crippen molar-refractivity contribution in [2.75, 3.05) is 5.75 Å². The number of sulfonamides is 1. The molecule has 1 fully saturated rings. The molecule has 19 heavy (non-hydrogen) atoms. The molecule has 1 aliphatic heterocycles. The van der Waals surface area contributed by atoms with Gasteiger partial charge in [0.05, 0.1) is 12.2 Å². The summed E-state index contributed by atoms with van der Waals surface area (Å²) < 4.78 is 50.4. The number of hydrogen-bond donors (Lipinski definition) is 0. The van der Waals surface area contributed by atoms with Crippen molar-refractivity contribution >= 4 is 15.9 Å². The second kappa shape index (κ2) is 4.88. The molecule has 2 rings (SSSR count). The van der Waals surface area contributed by atoms with Gasteiger partial charge in [-0.15, -0.1) is 0 Å². The smallest absolute Gasteiger partial charge is 0.240 e. The highest BCUT2D eigenvalue weighted by Crippen LogP contribution is 2.22. The van der Waals surface area contributed by atoms with Crippen LogP contribution in [0.1, 0.15) is 18.9 Å². The number of rotatable bonds is 2. The van der Waals surface area contributed by atoms with Crippen molar-refractivity contribution in [3.05, 3.63) is 35.4 Å². The minimum atomic E-state index is -3.59. The quantitative estimate of drug-likeness (QED) is 0.828. The molecule has 0 aliphatic carbocycles. The molecule has 104 valence electrons. The minimum Gasteiger partial charge on any atom is -0.273 e. The van der Waals surface area contributed by atoms with Crippen LogP contribution < -0.4 is 0 Å². The van der Waals surface area contributed by atoms with Gasteiger partial charge in [-0.2, -0.15) is 0 Å². The summed E-state index contributed by atoms with van der Waals surface area (Å²) in [7, 11) is -3.59. The predicted molar refractivity (Wildman–Crippen MR) is 64.8 cm³/mol. The van der Waals surface area contributed by atoms with Crippen LogP contribution in [-0.4, -0.2) is 30.4 Å².